The number of aryl methyl sites for hydroxylation is 2. The maximum atomic E-state index is 12.2. The van der Waals surface area contributed by atoms with E-state index in [4.69, 9.17) is 0 Å². The van der Waals surface area contributed by atoms with Gasteiger partial charge in [-0.2, -0.15) is 0 Å². The van der Waals surface area contributed by atoms with Crippen molar-refractivity contribution < 1.29 is 4.79 Å². The molecule has 0 aliphatic heterocycles. The number of benzene rings is 3. The number of hydrogen-bond donors (Lipinski definition) is 2. The number of nitrogens with one attached hydrogen (secondary N) is 2. The summed E-state index contributed by atoms with van der Waals surface area (Å²) in [4.78, 5) is 20.3. The monoisotopic (exact) mass is 355 g/mol. The fraction of sp³-hybridized carbons (Fsp3) is 0.130. The molecule has 0 aliphatic carbocycles. The molecular formula is C23H21N3O. The van der Waals surface area contributed by atoms with Crippen LogP contribution in [0.25, 0.3) is 22.4 Å². The summed E-state index contributed by atoms with van der Waals surface area (Å²) in [6, 6.07) is 21.7. The predicted octanol–water partition coefficient (Wildman–Crippen LogP) is 5.03. The number of aromatic nitrogens is 2. The number of nitrogens with zero attached hydrogens (tertiary/aromatic N) is 1. The second kappa shape index (κ2) is 7.08. The average Bonchev–Trinajstić information content (AvgIpc) is 3.06. The van der Waals surface area contributed by atoms with Crippen LogP contribution in [0.15, 0.2) is 66.7 Å². The number of rotatable bonds is 4. The Morgan fingerprint density at radius 1 is 0.963 bits per heavy atom. The first kappa shape index (κ1) is 17.0. The molecule has 0 radical (unpaired) electrons. The van der Waals surface area contributed by atoms with Crippen LogP contribution >= 0.6 is 0 Å². The summed E-state index contributed by atoms with van der Waals surface area (Å²) in [6.07, 6.45) is 0.366. The van der Waals surface area contributed by atoms with Crippen molar-refractivity contribution in [2.45, 2.75) is 20.3 Å². The third-order valence-electron chi connectivity index (χ3n) is 4.75. The minimum atomic E-state index is -0.0244. The van der Waals surface area contributed by atoms with Gasteiger partial charge in [0.2, 0.25) is 5.91 Å². The number of hydrogen-bond acceptors (Lipinski definition) is 2. The topological polar surface area (TPSA) is 57.8 Å². The van der Waals surface area contributed by atoms with Crippen LogP contribution in [-0.4, -0.2) is 15.9 Å². The summed E-state index contributed by atoms with van der Waals surface area (Å²) in [6.45, 7) is 4.19. The Bertz CT molecular complexity index is 1060. The number of anilines is 1. The average molecular weight is 355 g/mol. The lowest BCUT2D eigenvalue weighted by atomic mass is 10.1. The Hall–Kier alpha value is -3.40. The predicted molar refractivity (Wildman–Crippen MR) is 110 cm³/mol. The standard InChI is InChI=1S/C23H21N3O/c1-15-12-20-21(13-16(15)2)26-23(25-20)18-8-10-19(11-9-18)24-22(27)14-17-6-4-3-5-7-17/h3-13H,14H2,1-2H3,(H,24,27)(H,25,26). The highest BCUT2D eigenvalue weighted by Gasteiger charge is 2.08. The fourth-order valence-electron chi connectivity index (χ4n) is 3.10. The van der Waals surface area contributed by atoms with Gasteiger partial charge in [0.15, 0.2) is 0 Å². The molecule has 0 saturated carbocycles. The van der Waals surface area contributed by atoms with Crippen LogP contribution in [0.5, 0.6) is 0 Å². The molecule has 134 valence electrons. The van der Waals surface area contributed by atoms with E-state index in [1.54, 1.807) is 0 Å². The minimum absolute atomic E-state index is 0.0244. The largest absolute Gasteiger partial charge is 0.338 e. The van der Waals surface area contributed by atoms with E-state index in [0.717, 1.165) is 33.7 Å². The second-order valence-corrected chi connectivity index (χ2v) is 6.83. The zero-order chi connectivity index (χ0) is 18.8. The lowest BCUT2D eigenvalue weighted by Gasteiger charge is -2.06. The van der Waals surface area contributed by atoms with Crippen molar-refractivity contribution in [2.75, 3.05) is 5.32 Å². The van der Waals surface area contributed by atoms with Crippen LogP contribution in [0.2, 0.25) is 0 Å². The van der Waals surface area contributed by atoms with Crippen molar-refractivity contribution >= 4 is 22.6 Å². The van der Waals surface area contributed by atoms with Crippen LogP contribution in [-0.2, 0) is 11.2 Å². The molecule has 4 aromatic rings. The zero-order valence-electron chi connectivity index (χ0n) is 15.4. The summed E-state index contributed by atoms with van der Waals surface area (Å²) in [5.74, 6) is 0.806. The molecule has 0 atom stereocenters. The molecule has 0 aliphatic rings. The van der Waals surface area contributed by atoms with Gasteiger partial charge in [-0.3, -0.25) is 4.79 Å². The Morgan fingerprint density at radius 3 is 2.41 bits per heavy atom. The van der Waals surface area contributed by atoms with Gasteiger partial charge in [-0.15, -0.1) is 0 Å². The molecule has 1 aromatic heterocycles. The molecule has 27 heavy (non-hydrogen) atoms. The summed E-state index contributed by atoms with van der Waals surface area (Å²) < 4.78 is 0. The van der Waals surface area contributed by atoms with Gasteiger partial charge >= 0.3 is 0 Å². The third-order valence-corrected chi connectivity index (χ3v) is 4.75. The van der Waals surface area contributed by atoms with Crippen molar-refractivity contribution in [1.29, 1.82) is 0 Å². The summed E-state index contributed by atoms with van der Waals surface area (Å²) >= 11 is 0. The number of carbonyl (C=O) groups is 1. The van der Waals surface area contributed by atoms with Crippen molar-refractivity contribution in [3.05, 3.63) is 83.4 Å². The first-order valence-electron chi connectivity index (χ1n) is 9.00. The van der Waals surface area contributed by atoms with Crippen molar-refractivity contribution in [3.8, 4) is 11.4 Å². The van der Waals surface area contributed by atoms with Crippen LogP contribution < -0.4 is 5.32 Å². The van der Waals surface area contributed by atoms with Crippen LogP contribution in [0.1, 0.15) is 16.7 Å². The van der Waals surface area contributed by atoms with E-state index in [-0.39, 0.29) is 5.91 Å². The highest BCUT2D eigenvalue weighted by Crippen LogP contribution is 2.24. The van der Waals surface area contributed by atoms with E-state index < -0.39 is 0 Å². The Morgan fingerprint density at radius 2 is 1.67 bits per heavy atom. The van der Waals surface area contributed by atoms with Crippen LogP contribution in [0, 0.1) is 13.8 Å². The van der Waals surface area contributed by atoms with Crippen molar-refractivity contribution in [2.24, 2.45) is 0 Å². The van der Waals surface area contributed by atoms with E-state index in [2.05, 4.69) is 41.3 Å². The molecular weight excluding hydrogens is 334 g/mol. The highest BCUT2D eigenvalue weighted by molar-refractivity contribution is 5.92. The number of imidazole rings is 1. The van der Waals surface area contributed by atoms with E-state index in [0.29, 0.717) is 6.42 Å². The molecule has 0 unspecified atom stereocenters. The van der Waals surface area contributed by atoms with Gasteiger partial charge in [-0.1, -0.05) is 30.3 Å². The number of amides is 1. The van der Waals surface area contributed by atoms with Gasteiger partial charge in [0.25, 0.3) is 0 Å². The molecule has 0 fully saturated rings. The van der Waals surface area contributed by atoms with E-state index >= 15 is 0 Å². The first-order valence-corrected chi connectivity index (χ1v) is 9.00. The smallest absolute Gasteiger partial charge is 0.228 e. The second-order valence-electron chi connectivity index (χ2n) is 6.83. The fourth-order valence-corrected chi connectivity index (χ4v) is 3.10. The first-order chi connectivity index (χ1) is 13.1. The van der Waals surface area contributed by atoms with Gasteiger partial charge in [0.1, 0.15) is 5.82 Å². The number of fused-ring (bicyclic) bond motifs is 1. The molecule has 4 heteroatoms. The van der Waals surface area contributed by atoms with E-state index in [1.807, 2.05) is 54.6 Å². The number of aromatic amines is 1. The van der Waals surface area contributed by atoms with Crippen molar-refractivity contribution in [1.82, 2.24) is 9.97 Å². The Balaban J connectivity index is 1.49. The molecule has 4 rings (SSSR count). The van der Waals surface area contributed by atoms with Gasteiger partial charge in [-0.25, -0.2) is 4.98 Å². The van der Waals surface area contributed by atoms with E-state index in [1.165, 1.54) is 11.1 Å². The summed E-state index contributed by atoms with van der Waals surface area (Å²) in [5, 5.41) is 2.94. The molecule has 3 aromatic carbocycles. The third kappa shape index (κ3) is 3.75. The van der Waals surface area contributed by atoms with Crippen LogP contribution in [0.4, 0.5) is 5.69 Å². The molecule has 1 heterocycles. The maximum absolute atomic E-state index is 12.2. The molecule has 1 amide bonds. The maximum Gasteiger partial charge on any atom is 0.228 e. The lowest BCUT2D eigenvalue weighted by Crippen LogP contribution is -2.14. The SMILES string of the molecule is Cc1cc2nc(-c3ccc(NC(=O)Cc4ccccc4)cc3)[nH]c2cc1C. The molecule has 4 nitrogen and oxygen atoms in total. The minimum Gasteiger partial charge on any atom is -0.338 e. The number of carbonyl (C=O) groups excluding carboxylic acids is 1. The van der Waals surface area contributed by atoms with Gasteiger partial charge in [-0.05, 0) is 66.9 Å². The van der Waals surface area contributed by atoms with Gasteiger partial charge in [0.05, 0.1) is 17.5 Å². The van der Waals surface area contributed by atoms with E-state index in [9.17, 15) is 4.79 Å². The highest BCUT2D eigenvalue weighted by atomic mass is 16.1. The quantitative estimate of drug-likeness (QED) is 0.539. The molecule has 0 bridgehead atoms. The lowest BCUT2D eigenvalue weighted by molar-refractivity contribution is -0.115. The molecule has 0 saturated heterocycles. The summed E-state index contributed by atoms with van der Waals surface area (Å²) in [7, 11) is 0. The number of H-pyrrole nitrogens is 1. The molecule has 2 N–H and O–H groups in total. The Kier molecular flexibility index (Phi) is 4.47. The normalized spacial score (nSPS) is 10.9. The molecule has 0 spiro atoms. The van der Waals surface area contributed by atoms with Crippen LogP contribution in [0.3, 0.4) is 0 Å². The summed E-state index contributed by atoms with van der Waals surface area (Å²) in [5.41, 5.74) is 7.25. The Labute approximate surface area is 158 Å². The zero-order valence-corrected chi connectivity index (χ0v) is 15.4. The van der Waals surface area contributed by atoms with Gasteiger partial charge in [0, 0.05) is 11.3 Å². The van der Waals surface area contributed by atoms with Gasteiger partial charge < -0.3 is 10.3 Å². The van der Waals surface area contributed by atoms with Crippen molar-refractivity contribution in [3.63, 3.8) is 0 Å².